The summed E-state index contributed by atoms with van der Waals surface area (Å²) in [6.07, 6.45) is 8.41. The van der Waals surface area contributed by atoms with Crippen LogP contribution in [-0.4, -0.2) is 54.3 Å². The van der Waals surface area contributed by atoms with Crippen molar-refractivity contribution < 1.29 is 9.59 Å². The first-order chi connectivity index (χ1) is 15.5. The summed E-state index contributed by atoms with van der Waals surface area (Å²) in [5, 5.41) is 12.2. The van der Waals surface area contributed by atoms with Gasteiger partial charge in [0.2, 0.25) is 11.8 Å². The van der Waals surface area contributed by atoms with E-state index in [1.165, 1.54) is 38.5 Å². The summed E-state index contributed by atoms with van der Waals surface area (Å²) in [4.78, 5) is 29.5. The average Bonchev–Trinajstić information content (AvgIpc) is 2.77. The fourth-order valence-corrected chi connectivity index (χ4v) is 7.36. The van der Waals surface area contributed by atoms with Crippen molar-refractivity contribution in [3.63, 3.8) is 0 Å². The van der Waals surface area contributed by atoms with E-state index in [1.807, 2.05) is 29.2 Å². The van der Waals surface area contributed by atoms with E-state index < -0.39 is 0 Å². The molecule has 170 valence electrons. The van der Waals surface area contributed by atoms with Crippen LogP contribution in [-0.2, 0) is 16.1 Å². The Balaban J connectivity index is 1.06. The molecule has 5 fully saturated rings. The number of hydrogen-bond acceptors (Lipinski definition) is 4. The van der Waals surface area contributed by atoms with Crippen LogP contribution >= 0.6 is 0 Å². The lowest BCUT2D eigenvalue weighted by Crippen LogP contribution is -2.51. The minimum Gasteiger partial charge on any atom is -0.347 e. The number of carbonyl (C=O) groups is 2. The largest absolute Gasteiger partial charge is 0.347 e. The Labute approximate surface area is 190 Å². The fraction of sp³-hybridized carbons (Fsp3) is 0.654. The number of nitrogens with one attached hydrogen (secondary N) is 1. The van der Waals surface area contributed by atoms with Gasteiger partial charge in [-0.05, 0) is 73.3 Å². The van der Waals surface area contributed by atoms with Crippen molar-refractivity contribution in [2.75, 3.05) is 32.7 Å². The molecule has 6 rings (SSSR count). The number of carbonyl (C=O) groups excluding carboxylic acids is 2. The number of nitriles is 1. The van der Waals surface area contributed by atoms with E-state index >= 15 is 0 Å². The van der Waals surface area contributed by atoms with Gasteiger partial charge in [0.05, 0.1) is 18.2 Å². The molecule has 1 N–H and O–H groups in total. The Bertz CT molecular complexity index is 877. The van der Waals surface area contributed by atoms with Gasteiger partial charge in [0, 0.05) is 39.1 Å². The summed E-state index contributed by atoms with van der Waals surface area (Å²) in [5.74, 6) is 2.60. The van der Waals surface area contributed by atoms with E-state index in [0.717, 1.165) is 43.0 Å². The minimum atomic E-state index is 0.0148. The second kappa shape index (κ2) is 8.86. The van der Waals surface area contributed by atoms with Crippen molar-refractivity contribution in [1.29, 1.82) is 5.26 Å². The van der Waals surface area contributed by atoms with Crippen LogP contribution in [0.3, 0.4) is 0 Å². The predicted octanol–water partition coefficient (Wildman–Crippen LogP) is 2.93. The molecule has 0 aromatic heterocycles. The molecule has 0 spiro atoms. The number of rotatable bonds is 6. The van der Waals surface area contributed by atoms with Gasteiger partial charge in [-0.25, -0.2) is 0 Å². The molecule has 1 aliphatic heterocycles. The first-order valence-corrected chi connectivity index (χ1v) is 12.3. The molecule has 1 heterocycles. The molecule has 6 nitrogen and oxygen atoms in total. The van der Waals surface area contributed by atoms with Gasteiger partial charge in [0.25, 0.3) is 0 Å². The van der Waals surface area contributed by atoms with Gasteiger partial charge in [-0.3, -0.25) is 14.5 Å². The van der Waals surface area contributed by atoms with Crippen molar-refractivity contribution >= 4 is 11.8 Å². The molecule has 1 aromatic rings. The van der Waals surface area contributed by atoms with Gasteiger partial charge in [-0.2, -0.15) is 5.26 Å². The zero-order chi connectivity index (χ0) is 22.1. The molecule has 1 saturated heterocycles. The second-order valence-electron chi connectivity index (χ2n) is 10.8. The zero-order valence-corrected chi connectivity index (χ0v) is 18.9. The Morgan fingerprint density at radius 3 is 2.25 bits per heavy atom. The Hall–Kier alpha value is -2.39. The van der Waals surface area contributed by atoms with E-state index in [1.54, 1.807) is 0 Å². The monoisotopic (exact) mass is 434 g/mol. The third-order valence-corrected chi connectivity index (χ3v) is 8.39. The zero-order valence-electron chi connectivity index (χ0n) is 18.9. The fourth-order valence-electron chi connectivity index (χ4n) is 7.36. The van der Waals surface area contributed by atoms with Crippen LogP contribution in [0.25, 0.3) is 0 Å². The van der Waals surface area contributed by atoms with E-state index in [2.05, 4.69) is 16.3 Å². The highest BCUT2D eigenvalue weighted by Gasteiger charge is 2.51. The number of benzene rings is 1. The van der Waals surface area contributed by atoms with Gasteiger partial charge >= 0.3 is 0 Å². The Morgan fingerprint density at radius 1 is 1.00 bits per heavy atom. The van der Waals surface area contributed by atoms with Crippen molar-refractivity contribution in [3.05, 3.63) is 35.4 Å². The molecule has 4 aliphatic carbocycles. The minimum absolute atomic E-state index is 0.0148. The van der Waals surface area contributed by atoms with E-state index in [4.69, 9.17) is 0 Å². The molecule has 32 heavy (non-hydrogen) atoms. The first-order valence-electron chi connectivity index (χ1n) is 12.3. The number of piperazine rings is 1. The van der Waals surface area contributed by atoms with Gasteiger partial charge in [-0.15, -0.1) is 0 Å². The lowest BCUT2D eigenvalue weighted by molar-refractivity contribution is -0.136. The van der Waals surface area contributed by atoms with Crippen LogP contribution in [0.2, 0.25) is 0 Å². The highest BCUT2D eigenvalue weighted by molar-refractivity contribution is 5.85. The highest BCUT2D eigenvalue weighted by Crippen LogP contribution is 2.61. The van der Waals surface area contributed by atoms with Crippen molar-refractivity contribution in [2.24, 2.45) is 23.2 Å². The van der Waals surface area contributed by atoms with Crippen LogP contribution in [0.1, 0.15) is 56.1 Å². The van der Waals surface area contributed by atoms with Crippen molar-refractivity contribution in [2.45, 2.75) is 51.5 Å². The van der Waals surface area contributed by atoms with Crippen LogP contribution in [0.5, 0.6) is 0 Å². The summed E-state index contributed by atoms with van der Waals surface area (Å²) < 4.78 is 0. The Kier molecular flexibility index (Phi) is 5.94. The molecule has 6 heteroatoms. The van der Waals surface area contributed by atoms with E-state index in [0.29, 0.717) is 25.1 Å². The summed E-state index contributed by atoms with van der Waals surface area (Å²) in [6.45, 7) is 3.74. The SMILES string of the molecule is N#Cc1ccccc1CN1CCN(C(=O)CNC(=O)CC23CC4CC(CC(C4)C2)C3)CC1. The van der Waals surface area contributed by atoms with Gasteiger partial charge in [0.15, 0.2) is 0 Å². The average molecular weight is 435 g/mol. The third kappa shape index (κ3) is 4.54. The van der Waals surface area contributed by atoms with Crippen LogP contribution < -0.4 is 5.32 Å². The van der Waals surface area contributed by atoms with Crippen molar-refractivity contribution in [1.82, 2.24) is 15.1 Å². The van der Waals surface area contributed by atoms with E-state index in [-0.39, 0.29) is 23.8 Å². The maximum Gasteiger partial charge on any atom is 0.242 e. The van der Waals surface area contributed by atoms with Crippen LogP contribution in [0, 0.1) is 34.5 Å². The number of nitrogens with zero attached hydrogens (tertiary/aromatic N) is 3. The molecule has 2 amide bonds. The molecule has 0 radical (unpaired) electrons. The van der Waals surface area contributed by atoms with Crippen LogP contribution in [0.4, 0.5) is 0 Å². The first kappa shape index (κ1) is 21.5. The standard InChI is InChI=1S/C26H34N4O2/c27-16-22-3-1-2-4-23(22)18-29-5-7-30(8-6-29)25(32)17-28-24(31)15-26-12-19-9-20(13-26)11-21(10-19)14-26/h1-4,19-21H,5-15,17-18H2,(H,28,31). The summed E-state index contributed by atoms with van der Waals surface area (Å²) in [5.41, 5.74) is 1.96. The topological polar surface area (TPSA) is 76.4 Å². The molecule has 4 saturated carbocycles. The smallest absolute Gasteiger partial charge is 0.242 e. The lowest BCUT2D eigenvalue weighted by Gasteiger charge is -2.56. The van der Waals surface area contributed by atoms with Gasteiger partial charge in [-0.1, -0.05) is 18.2 Å². The third-order valence-electron chi connectivity index (χ3n) is 8.39. The molecule has 1 aromatic carbocycles. The molecule has 0 atom stereocenters. The molecule has 4 bridgehead atoms. The Morgan fingerprint density at radius 2 is 1.62 bits per heavy atom. The maximum atomic E-state index is 12.7. The van der Waals surface area contributed by atoms with E-state index in [9.17, 15) is 14.9 Å². The number of amides is 2. The summed E-state index contributed by atoms with van der Waals surface area (Å²) in [6, 6.07) is 9.94. The summed E-state index contributed by atoms with van der Waals surface area (Å²) in [7, 11) is 0. The van der Waals surface area contributed by atoms with Gasteiger partial charge < -0.3 is 10.2 Å². The molecule has 5 aliphatic rings. The maximum absolute atomic E-state index is 12.7. The lowest BCUT2D eigenvalue weighted by atomic mass is 9.49. The highest BCUT2D eigenvalue weighted by atomic mass is 16.2. The van der Waals surface area contributed by atoms with Crippen LogP contribution in [0.15, 0.2) is 24.3 Å². The number of hydrogen-bond donors (Lipinski definition) is 1. The molecular weight excluding hydrogens is 400 g/mol. The van der Waals surface area contributed by atoms with Crippen molar-refractivity contribution in [3.8, 4) is 6.07 Å². The predicted molar refractivity (Wildman–Crippen MR) is 121 cm³/mol. The molecular formula is C26H34N4O2. The summed E-state index contributed by atoms with van der Waals surface area (Å²) >= 11 is 0. The molecule has 0 unspecified atom stereocenters. The normalized spacial score (nSPS) is 31.3. The second-order valence-corrected chi connectivity index (χ2v) is 10.8. The quantitative estimate of drug-likeness (QED) is 0.747. The van der Waals surface area contributed by atoms with Gasteiger partial charge in [0.1, 0.15) is 0 Å².